The Bertz CT molecular complexity index is 709. The number of carbonyl (C=O) groups excluding carboxylic acids is 3. The highest BCUT2D eigenvalue weighted by molar-refractivity contribution is 6.30. The number of benzene rings is 1. The normalized spacial score (nSPS) is 12.6. The number of ether oxygens (including phenoxy) is 3. The first-order valence-electron chi connectivity index (χ1n) is 11.9. The fourth-order valence-electron chi connectivity index (χ4n) is 3.36. The van der Waals surface area contributed by atoms with Crippen molar-refractivity contribution >= 4 is 29.4 Å². The third-order valence-electron chi connectivity index (χ3n) is 5.08. The lowest BCUT2D eigenvalue weighted by Crippen LogP contribution is -2.44. The minimum Gasteiger partial charge on any atom is -0.466 e. The Labute approximate surface area is 202 Å². The first-order valence-corrected chi connectivity index (χ1v) is 12.3. The van der Waals surface area contributed by atoms with Gasteiger partial charge in [-0.15, -0.1) is 0 Å². The van der Waals surface area contributed by atoms with Gasteiger partial charge in [0.1, 0.15) is 12.6 Å². The lowest BCUT2D eigenvalue weighted by molar-refractivity contribution is -0.149. The van der Waals surface area contributed by atoms with Gasteiger partial charge in [0, 0.05) is 11.4 Å². The fourth-order valence-corrected chi connectivity index (χ4v) is 3.48. The standard InChI is InChI=1S/C25H38ClNO6/c1-4-7-8-9-10-11-22(19-12-14-20(26)15-13-19)33-18-23(28)27-21(25(30)32-6-3)16-17-24(29)31-5-2/h12-15,21-22H,4-11,16-18H2,1-3H3,(H,27,28)/t21-,22?/m0/s1. The molecule has 8 heteroatoms. The zero-order valence-corrected chi connectivity index (χ0v) is 20.8. The van der Waals surface area contributed by atoms with Crippen molar-refractivity contribution in [3.8, 4) is 0 Å². The van der Waals surface area contributed by atoms with Crippen molar-refractivity contribution in [3.63, 3.8) is 0 Å². The van der Waals surface area contributed by atoms with E-state index in [1.807, 2.05) is 12.1 Å². The van der Waals surface area contributed by atoms with Crippen LogP contribution in [0.3, 0.4) is 0 Å². The van der Waals surface area contributed by atoms with Gasteiger partial charge in [-0.25, -0.2) is 4.79 Å². The summed E-state index contributed by atoms with van der Waals surface area (Å²) in [7, 11) is 0. The molecule has 0 saturated heterocycles. The molecule has 0 aromatic heterocycles. The van der Waals surface area contributed by atoms with E-state index in [4.69, 9.17) is 25.8 Å². The molecule has 7 nitrogen and oxygen atoms in total. The zero-order valence-electron chi connectivity index (χ0n) is 20.1. The van der Waals surface area contributed by atoms with Gasteiger partial charge in [0.05, 0.1) is 19.3 Å². The number of unbranched alkanes of at least 4 members (excludes halogenated alkanes) is 4. The molecule has 2 atom stereocenters. The number of halogens is 1. The van der Waals surface area contributed by atoms with Crippen LogP contribution in [0.4, 0.5) is 0 Å². The summed E-state index contributed by atoms with van der Waals surface area (Å²) < 4.78 is 15.9. The lowest BCUT2D eigenvalue weighted by Gasteiger charge is -2.20. The number of hydrogen-bond donors (Lipinski definition) is 1. The largest absolute Gasteiger partial charge is 0.466 e. The zero-order chi connectivity index (χ0) is 24.5. The second kappa shape index (κ2) is 17.4. The molecule has 1 aromatic rings. The van der Waals surface area contributed by atoms with E-state index < -0.39 is 23.9 Å². The van der Waals surface area contributed by atoms with Gasteiger partial charge in [0.25, 0.3) is 0 Å². The Morgan fingerprint density at radius 2 is 1.58 bits per heavy atom. The number of esters is 2. The molecule has 1 N–H and O–H groups in total. The Morgan fingerprint density at radius 1 is 0.909 bits per heavy atom. The number of amides is 1. The molecular weight excluding hydrogens is 446 g/mol. The summed E-state index contributed by atoms with van der Waals surface area (Å²) in [4.78, 5) is 36.4. The minimum atomic E-state index is -0.937. The molecule has 33 heavy (non-hydrogen) atoms. The minimum absolute atomic E-state index is 0.00359. The van der Waals surface area contributed by atoms with Gasteiger partial charge in [-0.3, -0.25) is 9.59 Å². The molecule has 0 aliphatic carbocycles. The van der Waals surface area contributed by atoms with Crippen LogP contribution in [0.25, 0.3) is 0 Å². The molecule has 0 bridgehead atoms. The molecule has 0 radical (unpaired) electrons. The molecule has 1 aromatic carbocycles. The molecule has 1 unspecified atom stereocenters. The highest BCUT2D eigenvalue weighted by Crippen LogP contribution is 2.25. The molecule has 0 heterocycles. The average Bonchev–Trinajstić information content (AvgIpc) is 2.79. The van der Waals surface area contributed by atoms with Gasteiger partial charge >= 0.3 is 11.9 Å². The Balaban J connectivity index is 2.69. The molecule has 0 fully saturated rings. The number of nitrogens with one attached hydrogen (secondary N) is 1. The summed E-state index contributed by atoms with van der Waals surface area (Å²) in [6.45, 7) is 5.79. The molecule has 0 saturated carbocycles. The fraction of sp³-hybridized carbons (Fsp3) is 0.640. The van der Waals surface area contributed by atoms with Crippen LogP contribution < -0.4 is 5.32 Å². The van der Waals surface area contributed by atoms with E-state index in [9.17, 15) is 14.4 Å². The van der Waals surface area contributed by atoms with E-state index in [0.717, 1.165) is 24.8 Å². The van der Waals surface area contributed by atoms with Crippen molar-refractivity contribution < 1.29 is 28.6 Å². The summed E-state index contributed by atoms with van der Waals surface area (Å²) in [6.07, 6.45) is 6.27. The summed E-state index contributed by atoms with van der Waals surface area (Å²) in [6, 6.07) is 6.47. The maximum atomic E-state index is 12.6. The predicted octanol–water partition coefficient (Wildman–Crippen LogP) is 5.15. The average molecular weight is 484 g/mol. The first-order chi connectivity index (χ1) is 15.9. The quantitative estimate of drug-likeness (QED) is 0.243. The molecular formula is C25H38ClNO6. The third kappa shape index (κ3) is 12.6. The van der Waals surface area contributed by atoms with Crippen molar-refractivity contribution in [2.75, 3.05) is 19.8 Å². The smallest absolute Gasteiger partial charge is 0.328 e. The second-order valence-electron chi connectivity index (χ2n) is 7.77. The van der Waals surface area contributed by atoms with Crippen molar-refractivity contribution in [1.29, 1.82) is 0 Å². The predicted molar refractivity (Wildman–Crippen MR) is 128 cm³/mol. The summed E-state index contributed by atoms with van der Waals surface area (Å²) >= 11 is 6.01. The summed E-state index contributed by atoms with van der Waals surface area (Å²) in [5.41, 5.74) is 0.951. The summed E-state index contributed by atoms with van der Waals surface area (Å²) in [5, 5.41) is 3.27. The number of carbonyl (C=O) groups is 3. The lowest BCUT2D eigenvalue weighted by atomic mass is 10.0. The SMILES string of the molecule is CCCCCCCC(OCC(=O)N[C@@H](CCC(=O)OCC)C(=O)OCC)c1ccc(Cl)cc1. The molecule has 0 aliphatic rings. The maximum Gasteiger partial charge on any atom is 0.328 e. The third-order valence-corrected chi connectivity index (χ3v) is 5.33. The Morgan fingerprint density at radius 3 is 2.21 bits per heavy atom. The molecule has 0 aliphatic heterocycles. The van der Waals surface area contributed by atoms with Crippen LogP contribution in [0.2, 0.25) is 5.02 Å². The van der Waals surface area contributed by atoms with Gasteiger partial charge in [0.2, 0.25) is 5.91 Å². The number of hydrogen-bond acceptors (Lipinski definition) is 6. The van der Waals surface area contributed by atoms with Crippen LogP contribution >= 0.6 is 11.6 Å². The van der Waals surface area contributed by atoms with E-state index in [2.05, 4.69) is 12.2 Å². The monoisotopic (exact) mass is 483 g/mol. The van der Waals surface area contributed by atoms with Crippen molar-refractivity contribution in [1.82, 2.24) is 5.32 Å². The van der Waals surface area contributed by atoms with E-state index in [-0.39, 0.29) is 38.8 Å². The molecule has 1 amide bonds. The van der Waals surface area contributed by atoms with Crippen LogP contribution in [0.15, 0.2) is 24.3 Å². The highest BCUT2D eigenvalue weighted by Gasteiger charge is 2.24. The van der Waals surface area contributed by atoms with E-state index in [0.29, 0.717) is 5.02 Å². The van der Waals surface area contributed by atoms with Gasteiger partial charge in [-0.1, -0.05) is 62.8 Å². The molecule has 186 valence electrons. The van der Waals surface area contributed by atoms with Crippen LogP contribution in [0, 0.1) is 0 Å². The molecule has 1 rings (SSSR count). The summed E-state index contributed by atoms with van der Waals surface area (Å²) in [5.74, 6) is -1.45. The maximum absolute atomic E-state index is 12.6. The van der Waals surface area contributed by atoms with Gasteiger partial charge in [0.15, 0.2) is 0 Å². The van der Waals surface area contributed by atoms with Gasteiger partial charge in [-0.2, -0.15) is 0 Å². The highest BCUT2D eigenvalue weighted by atomic mass is 35.5. The van der Waals surface area contributed by atoms with Crippen LogP contribution in [-0.2, 0) is 28.6 Å². The van der Waals surface area contributed by atoms with Gasteiger partial charge < -0.3 is 19.5 Å². The second-order valence-corrected chi connectivity index (χ2v) is 8.21. The van der Waals surface area contributed by atoms with Crippen molar-refractivity contribution in [2.24, 2.45) is 0 Å². The van der Waals surface area contributed by atoms with Gasteiger partial charge in [-0.05, 0) is 44.4 Å². The Hall–Kier alpha value is -2.12. The Kier molecular flexibility index (Phi) is 15.2. The van der Waals surface area contributed by atoms with Crippen LogP contribution in [-0.4, -0.2) is 43.7 Å². The van der Waals surface area contributed by atoms with Crippen LogP contribution in [0.1, 0.15) is 83.8 Å². The number of rotatable bonds is 17. The molecule has 0 spiro atoms. The van der Waals surface area contributed by atoms with Crippen molar-refractivity contribution in [3.05, 3.63) is 34.9 Å². The van der Waals surface area contributed by atoms with Crippen molar-refractivity contribution in [2.45, 2.75) is 84.3 Å². The van der Waals surface area contributed by atoms with E-state index in [1.54, 1.807) is 26.0 Å². The van der Waals surface area contributed by atoms with E-state index >= 15 is 0 Å². The van der Waals surface area contributed by atoms with E-state index in [1.165, 1.54) is 19.3 Å². The first kappa shape index (κ1) is 28.9. The topological polar surface area (TPSA) is 90.9 Å². The van der Waals surface area contributed by atoms with Crippen LogP contribution in [0.5, 0.6) is 0 Å².